The summed E-state index contributed by atoms with van der Waals surface area (Å²) in [5, 5.41) is 0.209. The maximum atomic E-state index is 11.9. The number of hydrogen-bond donors (Lipinski definition) is 1. The highest BCUT2D eigenvalue weighted by Gasteiger charge is 2.16. The summed E-state index contributed by atoms with van der Waals surface area (Å²) in [6.45, 7) is 0.238. The van der Waals surface area contributed by atoms with Gasteiger partial charge >= 0.3 is 5.97 Å². The molecule has 0 amide bonds. The van der Waals surface area contributed by atoms with Crippen molar-refractivity contribution in [1.82, 2.24) is 0 Å². The molecule has 0 fully saturated rings. The van der Waals surface area contributed by atoms with Crippen LogP contribution in [0.15, 0.2) is 54.6 Å². The fourth-order valence-corrected chi connectivity index (χ4v) is 2.16. The van der Waals surface area contributed by atoms with E-state index < -0.39 is 5.25 Å². The first-order valence-corrected chi connectivity index (χ1v) is 7.17. The van der Waals surface area contributed by atoms with E-state index in [1.54, 1.807) is 12.1 Å². The number of benzene rings is 2. The van der Waals surface area contributed by atoms with Crippen LogP contribution in [-0.2, 0) is 22.6 Å². The van der Waals surface area contributed by atoms with E-state index in [1.165, 1.54) is 0 Å². The Morgan fingerprint density at radius 1 is 1.05 bits per heavy atom. The number of hydrogen-bond acceptors (Lipinski definition) is 3. The maximum absolute atomic E-state index is 11.9. The Hall–Kier alpha value is -1.45. The molecular formula is C16H15ClO2S. The highest BCUT2D eigenvalue weighted by Crippen LogP contribution is 2.13. The van der Waals surface area contributed by atoms with Crippen LogP contribution in [0.1, 0.15) is 11.1 Å². The zero-order chi connectivity index (χ0) is 14.4. The number of thiol groups is 1. The van der Waals surface area contributed by atoms with Crippen molar-refractivity contribution in [2.75, 3.05) is 0 Å². The molecule has 4 heteroatoms. The minimum Gasteiger partial charge on any atom is -0.460 e. The van der Waals surface area contributed by atoms with Crippen molar-refractivity contribution in [1.29, 1.82) is 0 Å². The molecule has 2 aromatic rings. The second-order valence-electron chi connectivity index (χ2n) is 4.44. The molecule has 2 nitrogen and oxygen atoms in total. The van der Waals surface area contributed by atoms with Gasteiger partial charge in [-0.3, -0.25) is 4.79 Å². The first-order chi connectivity index (χ1) is 9.65. The van der Waals surface area contributed by atoms with E-state index in [0.717, 1.165) is 11.1 Å². The lowest BCUT2D eigenvalue weighted by molar-refractivity contribution is -0.144. The Kier molecular flexibility index (Phi) is 5.50. The summed E-state index contributed by atoms with van der Waals surface area (Å²) in [5.74, 6) is -0.313. The molecule has 2 aromatic carbocycles. The van der Waals surface area contributed by atoms with Gasteiger partial charge in [-0.05, 0) is 29.7 Å². The van der Waals surface area contributed by atoms with Crippen LogP contribution in [0.25, 0.3) is 0 Å². The van der Waals surface area contributed by atoms with Crippen LogP contribution in [0, 0.1) is 0 Å². The molecule has 0 N–H and O–H groups in total. The number of rotatable bonds is 5. The van der Waals surface area contributed by atoms with Crippen LogP contribution < -0.4 is 0 Å². The SMILES string of the molecule is O=C(OCc1ccc(Cl)cc1)C(S)Cc1ccccc1. The Labute approximate surface area is 129 Å². The molecule has 1 atom stereocenters. The lowest BCUT2D eigenvalue weighted by Gasteiger charge is -2.11. The van der Waals surface area contributed by atoms with Crippen LogP contribution in [0.3, 0.4) is 0 Å². The normalized spacial score (nSPS) is 11.9. The Balaban J connectivity index is 1.83. The molecule has 2 rings (SSSR count). The van der Waals surface area contributed by atoms with E-state index in [4.69, 9.17) is 16.3 Å². The van der Waals surface area contributed by atoms with Crippen molar-refractivity contribution in [3.8, 4) is 0 Å². The van der Waals surface area contributed by atoms with Gasteiger partial charge in [0.15, 0.2) is 0 Å². The molecule has 0 bridgehead atoms. The predicted octanol–water partition coefficient (Wildman–Crippen LogP) is 3.92. The van der Waals surface area contributed by atoms with Gasteiger partial charge in [-0.1, -0.05) is 54.1 Å². The Morgan fingerprint density at radius 3 is 2.35 bits per heavy atom. The molecule has 0 aliphatic rings. The fraction of sp³-hybridized carbons (Fsp3) is 0.188. The van der Waals surface area contributed by atoms with Gasteiger partial charge in [-0.25, -0.2) is 0 Å². The monoisotopic (exact) mass is 306 g/mol. The molecule has 0 aromatic heterocycles. The summed E-state index contributed by atoms with van der Waals surface area (Å²) in [4.78, 5) is 11.9. The second-order valence-corrected chi connectivity index (χ2v) is 5.50. The minimum atomic E-state index is -0.454. The zero-order valence-electron chi connectivity index (χ0n) is 10.8. The largest absolute Gasteiger partial charge is 0.460 e. The van der Waals surface area contributed by atoms with Gasteiger partial charge in [-0.2, -0.15) is 12.6 Å². The molecule has 0 spiro atoms. The molecule has 0 saturated carbocycles. The molecule has 0 aliphatic heterocycles. The van der Waals surface area contributed by atoms with E-state index in [-0.39, 0.29) is 12.6 Å². The highest BCUT2D eigenvalue weighted by molar-refractivity contribution is 7.81. The van der Waals surface area contributed by atoms with Crippen molar-refractivity contribution in [3.05, 3.63) is 70.7 Å². The zero-order valence-corrected chi connectivity index (χ0v) is 12.5. The smallest absolute Gasteiger partial charge is 0.319 e. The minimum absolute atomic E-state index is 0.238. The molecule has 0 radical (unpaired) electrons. The molecule has 0 saturated heterocycles. The van der Waals surface area contributed by atoms with E-state index in [0.29, 0.717) is 11.4 Å². The first kappa shape index (κ1) is 14.9. The van der Waals surface area contributed by atoms with E-state index in [1.807, 2.05) is 42.5 Å². The van der Waals surface area contributed by atoms with Crippen molar-refractivity contribution < 1.29 is 9.53 Å². The molecule has 20 heavy (non-hydrogen) atoms. The Morgan fingerprint density at radius 2 is 1.70 bits per heavy atom. The van der Waals surface area contributed by atoms with Gasteiger partial charge < -0.3 is 4.74 Å². The number of carbonyl (C=O) groups is 1. The fourth-order valence-electron chi connectivity index (χ4n) is 1.75. The third-order valence-corrected chi connectivity index (χ3v) is 3.48. The molecular weight excluding hydrogens is 292 g/mol. The lowest BCUT2D eigenvalue weighted by atomic mass is 10.1. The number of ether oxygens (including phenoxy) is 1. The predicted molar refractivity (Wildman–Crippen MR) is 84.2 cm³/mol. The number of halogens is 1. The quantitative estimate of drug-likeness (QED) is 0.669. The van der Waals surface area contributed by atoms with Gasteiger partial charge in [0.05, 0.1) is 0 Å². The summed E-state index contributed by atoms with van der Waals surface area (Å²) in [6, 6.07) is 17.0. The number of esters is 1. The van der Waals surface area contributed by atoms with Crippen LogP contribution in [-0.4, -0.2) is 11.2 Å². The standard InChI is InChI=1S/C16H15ClO2S/c17-14-8-6-13(7-9-14)11-19-16(18)15(20)10-12-4-2-1-3-5-12/h1-9,15,20H,10-11H2. The topological polar surface area (TPSA) is 26.3 Å². The second kappa shape index (κ2) is 7.36. The third kappa shape index (κ3) is 4.58. The van der Waals surface area contributed by atoms with Crippen LogP contribution in [0.4, 0.5) is 0 Å². The first-order valence-electron chi connectivity index (χ1n) is 6.28. The highest BCUT2D eigenvalue weighted by atomic mass is 35.5. The van der Waals surface area contributed by atoms with E-state index in [9.17, 15) is 4.79 Å². The van der Waals surface area contributed by atoms with Gasteiger partial charge in [0.25, 0.3) is 0 Å². The summed E-state index contributed by atoms with van der Waals surface area (Å²) in [6.07, 6.45) is 0.559. The average Bonchev–Trinajstić information content (AvgIpc) is 2.47. The third-order valence-electron chi connectivity index (χ3n) is 2.84. The van der Waals surface area contributed by atoms with Crippen molar-refractivity contribution >= 4 is 30.2 Å². The van der Waals surface area contributed by atoms with Crippen LogP contribution in [0.2, 0.25) is 5.02 Å². The van der Waals surface area contributed by atoms with Crippen molar-refractivity contribution in [3.63, 3.8) is 0 Å². The summed E-state index contributed by atoms with van der Waals surface area (Å²) < 4.78 is 5.24. The number of carbonyl (C=O) groups excluding carboxylic acids is 1. The molecule has 0 aliphatic carbocycles. The van der Waals surface area contributed by atoms with E-state index >= 15 is 0 Å². The van der Waals surface area contributed by atoms with Gasteiger partial charge in [0.1, 0.15) is 11.9 Å². The average molecular weight is 307 g/mol. The summed E-state index contributed by atoms with van der Waals surface area (Å²) in [7, 11) is 0. The van der Waals surface area contributed by atoms with Gasteiger partial charge in [-0.15, -0.1) is 0 Å². The molecule has 1 unspecified atom stereocenters. The maximum Gasteiger partial charge on any atom is 0.319 e. The van der Waals surface area contributed by atoms with E-state index in [2.05, 4.69) is 12.6 Å². The molecule has 0 heterocycles. The van der Waals surface area contributed by atoms with Crippen molar-refractivity contribution in [2.45, 2.75) is 18.3 Å². The summed E-state index contributed by atoms with van der Waals surface area (Å²) in [5.41, 5.74) is 1.97. The molecule has 104 valence electrons. The van der Waals surface area contributed by atoms with Gasteiger partial charge in [0, 0.05) is 5.02 Å². The van der Waals surface area contributed by atoms with Gasteiger partial charge in [0.2, 0.25) is 0 Å². The van der Waals surface area contributed by atoms with Crippen LogP contribution >= 0.6 is 24.2 Å². The summed E-state index contributed by atoms with van der Waals surface area (Å²) >= 11 is 10.1. The lowest BCUT2D eigenvalue weighted by Crippen LogP contribution is -2.20. The van der Waals surface area contributed by atoms with Crippen molar-refractivity contribution in [2.24, 2.45) is 0 Å². The Bertz CT molecular complexity index is 554. The van der Waals surface area contributed by atoms with Crippen LogP contribution in [0.5, 0.6) is 0 Å².